The van der Waals surface area contributed by atoms with Crippen molar-refractivity contribution in [3.8, 4) is 16.9 Å². The topological polar surface area (TPSA) is 93.1 Å². The summed E-state index contributed by atoms with van der Waals surface area (Å²) in [5.41, 5.74) is 0.804. The number of methoxy groups -OCH3 is 1. The summed E-state index contributed by atoms with van der Waals surface area (Å²) in [5, 5.41) is 2.33. The number of rotatable bonds is 5. The molecule has 1 fully saturated rings. The smallest absolute Gasteiger partial charge is 0.259 e. The lowest BCUT2D eigenvalue weighted by Crippen LogP contribution is -2.40. The van der Waals surface area contributed by atoms with E-state index in [1.54, 1.807) is 6.92 Å². The summed E-state index contributed by atoms with van der Waals surface area (Å²) in [7, 11) is 1.33. The van der Waals surface area contributed by atoms with Gasteiger partial charge >= 0.3 is 0 Å². The molecule has 0 radical (unpaired) electrons. The number of amides is 1. The fourth-order valence-corrected chi connectivity index (χ4v) is 5.07. The largest absolute Gasteiger partial charge is 0.494 e. The number of nitrogens with zero attached hydrogens (tertiary/aromatic N) is 5. The Morgan fingerprint density at radius 1 is 1.16 bits per heavy atom. The maximum absolute atomic E-state index is 15.0. The molecule has 5 heterocycles. The molecule has 14 heteroatoms. The van der Waals surface area contributed by atoms with E-state index in [4.69, 9.17) is 16.3 Å². The van der Waals surface area contributed by atoms with Gasteiger partial charge in [-0.25, -0.2) is 32.5 Å². The number of anilines is 2. The average Bonchev–Trinajstić information content (AvgIpc) is 3.25. The van der Waals surface area contributed by atoms with Gasteiger partial charge in [-0.2, -0.15) is 0 Å². The number of ether oxygens (including phenoxy) is 1. The van der Waals surface area contributed by atoms with Crippen LogP contribution in [-0.4, -0.2) is 52.0 Å². The van der Waals surface area contributed by atoms with Gasteiger partial charge in [-0.15, -0.1) is 0 Å². The highest BCUT2D eigenvalue weighted by Crippen LogP contribution is 2.38. The van der Waals surface area contributed by atoms with Crippen LogP contribution in [0.5, 0.6) is 5.75 Å². The molecule has 0 aliphatic carbocycles. The van der Waals surface area contributed by atoms with Gasteiger partial charge in [0.1, 0.15) is 16.1 Å². The lowest BCUT2D eigenvalue weighted by molar-refractivity contribution is -0.0222. The molecular formula is C24H19ClF4N6O2S. The number of pyridine rings is 3. The van der Waals surface area contributed by atoms with Gasteiger partial charge in [0.2, 0.25) is 0 Å². The van der Waals surface area contributed by atoms with Crippen LogP contribution in [0, 0.1) is 18.6 Å². The first-order valence-corrected chi connectivity index (χ1v) is 12.5. The fourth-order valence-electron chi connectivity index (χ4n) is 4.12. The molecule has 0 bridgehead atoms. The number of aryl methyl sites for hydroxylation is 1. The zero-order valence-corrected chi connectivity index (χ0v) is 21.6. The molecule has 8 nitrogen and oxygen atoms in total. The predicted molar refractivity (Wildman–Crippen MR) is 135 cm³/mol. The van der Waals surface area contributed by atoms with Crippen LogP contribution in [0.25, 0.3) is 21.5 Å². The Morgan fingerprint density at radius 3 is 2.61 bits per heavy atom. The van der Waals surface area contributed by atoms with E-state index in [1.165, 1.54) is 30.5 Å². The van der Waals surface area contributed by atoms with Crippen molar-refractivity contribution in [3.63, 3.8) is 0 Å². The summed E-state index contributed by atoms with van der Waals surface area (Å²) in [6.45, 7) is 1.60. The van der Waals surface area contributed by atoms with Gasteiger partial charge in [-0.05, 0) is 13.0 Å². The van der Waals surface area contributed by atoms with Crippen molar-refractivity contribution in [2.45, 2.75) is 25.7 Å². The van der Waals surface area contributed by atoms with Gasteiger partial charge in [0.25, 0.3) is 11.8 Å². The van der Waals surface area contributed by atoms with E-state index in [-0.39, 0.29) is 52.0 Å². The summed E-state index contributed by atoms with van der Waals surface area (Å²) in [6.07, 6.45) is 1.74. The minimum absolute atomic E-state index is 0.00314. The molecule has 1 N–H and O–H groups in total. The number of aromatic nitrogens is 4. The van der Waals surface area contributed by atoms with Crippen LogP contribution < -0.4 is 15.0 Å². The Hall–Kier alpha value is -3.58. The van der Waals surface area contributed by atoms with Crippen LogP contribution >= 0.6 is 22.9 Å². The Kier molecular flexibility index (Phi) is 6.82. The third kappa shape index (κ3) is 4.95. The summed E-state index contributed by atoms with van der Waals surface area (Å²) in [6, 6.07) is 2.66. The summed E-state index contributed by atoms with van der Waals surface area (Å²) in [5.74, 6) is -5.00. The fraction of sp³-hybridized carbons (Fsp3) is 0.292. The van der Waals surface area contributed by atoms with Crippen LogP contribution in [0.1, 0.15) is 28.9 Å². The number of fused-ring (bicyclic) bond motifs is 1. The van der Waals surface area contributed by atoms with Crippen LogP contribution in [-0.2, 0) is 0 Å². The van der Waals surface area contributed by atoms with Crippen molar-refractivity contribution < 1.29 is 27.1 Å². The molecule has 1 saturated heterocycles. The quantitative estimate of drug-likeness (QED) is 0.238. The Balaban J connectivity index is 1.47. The van der Waals surface area contributed by atoms with Gasteiger partial charge in [0, 0.05) is 49.5 Å². The second kappa shape index (κ2) is 9.95. The van der Waals surface area contributed by atoms with E-state index in [0.29, 0.717) is 10.5 Å². The molecule has 0 saturated carbocycles. The molecular weight excluding hydrogens is 548 g/mol. The molecule has 4 aromatic heterocycles. The van der Waals surface area contributed by atoms with Crippen molar-refractivity contribution >= 4 is 50.1 Å². The highest BCUT2D eigenvalue weighted by molar-refractivity contribution is 7.22. The van der Waals surface area contributed by atoms with E-state index in [2.05, 4.69) is 25.3 Å². The third-order valence-electron chi connectivity index (χ3n) is 6.05. The van der Waals surface area contributed by atoms with Crippen molar-refractivity contribution in [2.75, 3.05) is 30.4 Å². The molecule has 198 valence electrons. The standard InChI is InChI=1S/C24H19ClF4N6O2S/c1-11-7-12(17-16(37-2)10-31-19(25)18(17)27)13(9-30-11)21(36)34-23-32-15-8-14(26)20(33-22(15)38-23)35-5-3-24(28,29)4-6-35/h7-10H,3-6H2,1-2H3,(H,32,34,36). The Labute approximate surface area is 222 Å². The third-order valence-corrected chi connectivity index (χ3v) is 7.19. The van der Waals surface area contributed by atoms with Crippen LogP contribution in [0.4, 0.5) is 28.5 Å². The number of thiazole rings is 1. The normalized spacial score (nSPS) is 15.1. The summed E-state index contributed by atoms with van der Waals surface area (Å²) >= 11 is 6.87. The van der Waals surface area contributed by atoms with Gasteiger partial charge in [-0.1, -0.05) is 22.9 Å². The SMILES string of the molecule is COc1cnc(Cl)c(F)c1-c1cc(C)ncc1C(=O)Nc1nc2cc(F)c(N3CCC(F)(F)CC3)nc2s1. The molecule has 5 rings (SSSR count). The Morgan fingerprint density at radius 2 is 1.89 bits per heavy atom. The molecule has 1 aliphatic heterocycles. The number of nitrogens with one attached hydrogen (secondary N) is 1. The van der Waals surface area contributed by atoms with E-state index in [0.717, 1.165) is 17.4 Å². The van der Waals surface area contributed by atoms with E-state index < -0.39 is 41.5 Å². The molecule has 0 spiro atoms. The molecule has 38 heavy (non-hydrogen) atoms. The average molecular weight is 567 g/mol. The number of piperidine rings is 1. The minimum Gasteiger partial charge on any atom is -0.494 e. The number of carbonyl (C=O) groups is 1. The Bertz CT molecular complexity index is 1560. The number of carbonyl (C=O) groups excluding carboxylic acids is 1. The van der Waals surface area contributed by atoms with Gasteiger partial charge < -0.3 is 9.64 Å². The van der Waals surface area contributed by atoms with Crippen molar-refractivity contribution in [1.29, 1.82) is 0 Å². The number of hydrogen-bond acceptors (Lipinski definition) is 8. The first kappa shape index (κ1) is 26.0. The van der Waals surface area contributed by atoms with E-state index >= 15 is 4.39 Å². The zero-order chi connectivity index (χ0) is 27.2. The number of halogens is 5. The highest BCUT2D eigenvalue weighted by Gasteiger charge is 2.35. The maximum Gasteiger partial charge on any atom is 0.259 e. The van der Waals surface area contributed by atoms with Crippen molar-refractivity contribution in [1.82, 2.24) is 19.9 Å². The second-order valence-corrected chi connectivity index (χ2v) is 9.95. The number of alkyl halides is 2. The minimum atomic E-state index is -2.78. The maximum atomic E-state index is 15.0. The first-order valence-electron chi connectivity index (χ1n) is 11.3. The molecule has 0 aromatic carbocycles. The van der Waals surface area contributed by atoms with Gasteiger partial charge in [-0.3, -0.25) is 15.1 Å². The van der Waals surface area contributed by atoms with Crippen molar-refractivity contribution in [2.24, 2.45) is 0 Å². The van der Waals surface area contributed by atoms with Crippen LogP contribution in [0.3, 0.4) is 0 Å². The molecule has 0 unspecified atom stereocenters. The lowest BCUT2D eigenvalue weighted by atomic mass is 10.00. The van der Waals surface area contributed by atoms with Gasteiger partial charge in [0.15, 0.2) is 27.7 Å². The first-order chi connectivity index (χ1) is 18.1. The van der Waals surface area contributed by atoms with Gasteiger partial charge in [0.05, 0.1) is 24.4 Å². The van der Waals surface area contributed by atoms with E-state index in [1.807, 2.05) is 0 Å². The van der Waals surface area contributed by atoms with Crippen LogP contribution in [0.15, 0.2) is 24.5 Å². The highest BCUT2D eigenvalue weighted by atomic mass is 35.5. The monoisotopic (exact) mass is 566 g/mol. The van der Waals surface area contributed by atoms with Crippen LogP contribution in [0.2, 0.25) is 5.15 Å². The summed E-state index contributed by atoms with van der Waals surface area (Å²) < 4.78 is 62.1. The van der Waals surface area contributed by atoms with Crippen molar-refractivity contribution in [3.05, 3.63) is 52.6 Å². The second-order valence-electron chi connectivity index (χ2n) is 8.61. The lowest BCUT2D eigenvalue weighted by Gasteiger charge is -2.32. The zero-order valence-electron chi connectivity index (χ0n) is 20.0. The number of hydrogen-bond donors (Lipinski definition) is 1. The predicted octanol–water partition coefficient (Wildman–Crippen LogP) is 5.88. The molecule has 4 aromatic rings. The summed E-state index contributed by atoms with van der Waals surface area (Å²) in [4.78, 5) is 31.4. The molecule has 1 aliphatic rings. The molecule has 1 amide bonds. The molecule has 0 atom stereocenters. The van der Waals surface area contributed by atoms with E-state index in [9.17, 15) is 18.0 Å².